The third-order valence-corrected chi connectivity index (χ3v) is 8.08. The summed E-state index contributed by atoms with van der Waals surface area (Å²) < 4.78 is 16.5. The van der Waals surface area contributed by atoms with Crippen LogP contribution in [0.1, 0.15) is 62.2 Å². The largest absolute Gasteiger partial charge is 0.467 e. The van der Waals surface area contributed by atoms with Gasteiger partial charge in [0.15, 0.2) is 6.10 Å². The maximum absolute atomic E-state index is 12.3. The summed E-state index contributed by atoms with van der Waals surface area (Å²) >= 11 is 3.53. The SMILES string of the molecule is CCC[n+]1c(C2CCC(N3C[C@H](C(=O)OC)OC[C@@H]3Cc3ccc(Br)cc3)CC2)nn(C)c1C. The van der Waals surface area contributed by atoms with Crippen molar-refractivity contribution in [3.8, 4) is 0 Å². The Morgan fingerprint density at radius 2 is 1.94 bits per heavy atom. The van der Waals surface area contributed by atoms with Crippen molar-refractivity contribution in [2.45, 2.75) is 83.0 Å². The van der Waals surface area contributed by atoms with Gasteiger partial charge in [0.05, 0.1) is 33.2 Å². The molecular weight excluding hydrogens is 496 g/mol. The fourth-order valence-electron chi connectivity index (χ4n) is 5.59. The average molecular weight is 535 g/mol. The first-order valence-electron chi connectivity index (χ1n) is 12.5. The molecule has 0 N–H and O–H groups in total. The predicted octanol–water partition coefficient (Wildman–Crippen LogP) is 3.70. The molecule has 2 heterocycles. The van der Waals surface area contributed by atoms with Gasteiger partial charge in [-0.25, -0.2) is 9.36 Å². The zero-order valence-electron chi connectivity index (χ0n) is 20.9. The van der Waals surface area contributed by atoms with Gasteiger partial charge in [-0.05, 0) is 56.2 Å². The van der Waals surface area contributed by atoms with Crippen molar-refractivity contribution in [1.82, 2.24) is 14.7 Å². The van der Waals surface area contributed by atoms with Gasteiger partial charge in [0, 0.05) is 35.1 Å². The van der Waals surface area contributed by atoms with Crippen LogP contribution in [0.15, 0.2) is 28.7 Å². The van der Waals surface area contributed by atoms with Crippen LogP contribution in [-0.2, 0) is 34.3 Å². The topological polar surface area (TPSA) is 60.5 Å². The number of morpholine rings is 1. The van der Waals surface area contributed by atoms with E-state index >= 15 is 0 Å². The summed E-state index contributed by atoms with van der Waals surface area (Å²) in [7, 11) is 3.49. The monoisotopic (exact) mass is 533 g/mol. The Kier molecular flexibility index (Phi) is 8.43. The molecule has 2 aromatic rings. The van der Waals surface area contributed by atoms with E-state index in [0.717, 1.165) is 49.5 Å². The van der Waals surface area contributed by atoms with Gasteiger partial charge < -0.3 is 9.47 Å². The van der Waals surface area contributed by atoms with E-state index in [-0.39, 0.29) is 12.0 Å². The smallest absolute Gasteiger partial charge is 0.336 e. The van der Waals surface area contributed by atoms with E-state index < -0.39 is 6.10 Å². The molecule has 186 valence electrons. The lowest BCUT2D eigenvalue weighted by atomic mass is 9.83. The number of methoxy groups -OCH3 is 1. The molecule has 1 aromatic heterocycles. The molecule has 7 nitrogen and oxygen atoms in total. The third-order valence-electron chi connectivity index (χ3n) is 7.55. The Hall–Kier alpha value is -1.77. The quantitative estimate of drug-likeness (QED) is 0.401. The first kappa shape index (κ1) is 25.3. The molecule has 0 radical (unpaired) electrons. The fraction of sp³-hybridized carbons (Fsp3) is 0.654. The number of carbonyl (C=O) groups excluding carboxylic acids is 1. The molecule has 0 unspecified atom stereocenters. The summed E-state index contributed by atoms with van der Waals surface area (Å²) in [5.41, 5.74) is 1.29. The number of benzene rings is 1. The lowest BCUT2D eigenvalue weighted by Crippen LogP contribution is -2.57. The molecule has 1 aliphatic heterocycles. The normalized spacial score (nSPS) is 25.9. The van der Waals surface area contributed by atoms with E-state index in [0.29, 0.717) is 25.1 Å². The number of ether oxygens (including phenoxy) is 2. The Morgan fingerprint density at radius 1 is 1.24 bits per heavy atom. The van der Waals surface area contributed by atoms with E-state index in [4.69, 9.17) is 14.6 Å². The van der Waals surface area contributed by atoms with Gasteiger partial charge in [0.25, 0.3) is 5.82 Å². The van der Waals surface area contributed by atoms with Crippen molar-refractivity contribution in [2.75, 3.05) is 20.3 Å². The van der Waals surface area contributed by atoms with E-state index in [1.165, 1.54) is 24.3 Å². The van der Waals surface area contributed by atoms with Gasteiger partial charge in [-0.2, -0.15) is 0 Å². The van der Waals surface area contributed by atoms with Gasteiger partial charge >= 0.3 is 5.97 Å². The molecule has 1 saturated heterocycles. The minimum atomic E-state index is -0.506. The number of aryl methyl sites for hydroxylation is 1. The van der Waals surface area contributed by atoms with Crippen LogP contribution in [0.2, 0.25) is 0 Å². The highest BCUT2D eigenvalue weighted by Gasteiger charge is 2.40. The molecule has 1 saturated carbocycles. The fourth-order valence-corrected chi connectivity index (χ4v) is 5.86. The first-order chi connectivity index (χ1) is 16.4. The summed E-state index contributed by atoms with van der Waals surface area (Å²) in [6, 6.07) is 9.21. The van der Waals surface area contributed by atoms with Crippen LogP contribution in [0.3, 0.4) is 0 Å². The van der Waals surface area contributed by atoms with Crippen molar-refractivity contribution >= 4 is 21.9 Å². The van der Waals surface area contributed by atoms with Crippen molar-refractivity contribution < 1.29 is 18.8 Å². The number of halogens is 1. The van der Waals surface area contributed by atoms with E-state index in [1.807, 2.05) is 11.7 Å². The molecule has 1 aliphatic carbocycles. The van der Waals surface area contributed by atoms with Crippen LogP contribution in [0.5, 0.6) is 0 Å². The van der Waals surface area contributed by atoms with Crippen LogP contribution in [-0.4, -0.2) is 59.1 Å². The molecule has 8 heteroatoms. The zero-order valence-corrected chi connectivity index (χ0v) is 22.5. The summed E-state index contributed by atoms with van der Waals surface area (Å²) in [6.45, 7) is 6.55. The second-order valence-electron chi connectivity index (χ2n) is 9.71. The molecule has 2 aliphatic rings. The average Bonchev–Trinajstić information content (AvgIpc) is 3.14. The number of esters is 1. The van der Waals surface area contributed by atoms with Crippen LogP contribution >= 0.6 is 15.9 Å². The third kappa shape index (κ3) is 5.55. The van der Waals surface area contributed by atoms with Gasteiger partial charge in [-0.15, -0.1) is 4.68 Å². The molecular formula is C26H38BrN4O3+. The number of hydrogen-bond donors (Lipinski definition) is 0. The maximum atomic E-state index is 12.3. The van der Waals surface area contributed by atoms with Crippen molar-refractivity contribution in [3.05, 3.63) is 46.0 Å². The highest BCUT2D eigenvalue weighted by molar-refractivity contribution is 9.10. The Morgan fingerprint density at radius 3 is 2.59 bits per heavy atom. The van der Waals surface area contributed by atoms with Crippen molar-refractivity contribution in [1.29, 1.82) is 0 Å². The predicted molar refractivity (Wildman–Crippen MR) is 134 cm³/mol. The lowest BCUT2D eigenvalue weighted by molar-refractivity contribution is -0.712. The van der Waals surface area contributed by atoms with Gasteiger partial charge in [-0.1, -0.05) is 35.0 Å². The maximum Gasteiger partial charge on any atom is 0.336 e. The molecule has 2 fully saturated rings. The molecule has 0 spiro atoms. The number of hydrogen-bond acceptors (Lipinski definition) is 5. The summed E-state index contributed by atoms with van der Waals surface area (Å²) in [4.78, 5) is 14.8. The summed E-state index contributed by atoms with van der Waals surface area (Å²) in [6.07, 6.45) is 5.98. The molecule has 0 amide bonds. The van der Waals surface area contributed by atoms with Crippen LogP contribution < -0.4 is 4.57 Å². The van der Waals surface area contributed by atoms with E-state index in [1.54, 1.807) is 0 Å². The minimum Gasteiger partial charge on any atom is -0.467 e. The lowest BCUT2D eigenvalue weighted by Gasteiger charge is -2.45. The Bertz CT molecular complexity index is 969. The van der Waals surface area contributed by atoms with Gasteiger partial charge in [-0.3, -0.25) is 4.90 Å². The standard InChI is InChI=1S/C26H38BrN4O3/c1-5-14-30-18(2)29(3)28-25(30)20-8-12-22(13-9-20)31-16-24(26(32)33-4)34-17-23(31)15-19-6-10-21(27)11-7-19/h6-7,10-11,20,22-24H,5,8-9,12-17H2,1-4H3/q+1/t20?,22?,23-,24+/m0/s1. The van der Waals surface area contributed by atoms with Crippen molar-refractivity contribution in [3.63, 3.8) is 0 Å². The number of nitrogens with zero attached hydrogens (tertiary/aromatic N) is 4. The Labute approximate surface area is 211 Å². The summed E-state index contributed by atoms with van der Waals surface area (Å²) in [5, 5.41) is 4.90. The molecule has 4 rings (SSSR count). The van der Waals surface area contributed by atoms with Crippen LogP contribution in [0.4, 0.5) is 0 Å². The van der Waals surface area contributed by atoms with Crippen LogP contribution in [0.25, 0.3) is 0 Å². The zero-order chi connectivity index (χ0) is 24.2. The first-order valence-corrected chi connectivity index (χ1v) is 13.3. The van der Waals surface area contributed by atoms with Crippen LogP contribution in [0, 0.1) is 6.92 Å². The number of aromatic nitrogens is 3. The number of carbonyl (C=O) groups is 1. The summed E-state index contributed by atoms with van der Waals surface area (Å²) in [5.74, 6) is 2.68. The Balaban J connectivity index is 1.47. The van der Waals surface area contributed by atoms with E-state index in [9.17, 15) is 4.79 Å². The highest BCUT2D eigenvalue weighted by Crippen LogP contribution is 2.35. The molecule has 2 atom stereocenters. The number of rotatable bonds is 7. The van der Waals surface area contributed by atoms with Gasteiger partial charge in [0.2, 0.25) is 5.82 Å². The second kappa shape index (κ2) is 11.3. The molecule has 1 aromatic carbocycles. The molecule has 0 bridgehead atoms. The molecule has 34 heavy (non-hydrogen) atoms. The minimum absolute atomic E-state index is 0.255. The highest BCUT2D eigenvalue weighted by atomic mass is 79.9. The van der Waals surface area contributed by atoms with Crippen molar-refractivity contribution in [2.24, 2.45) is 7.05 Å². The second-order valence-corrected chi connectivity index (χ2v) is 10.6. The van der Waals surface area contributed by atoms with E-state index in [2.05, 4.69) is 63.5 Å². The van der Waals surface area contributed by atoms with Gasteiger partial charge in [0.1, 0.15) is 0 Å².